The van der Waals surface area contributed by atoms with E-state index in [0.29, 0.717) is 12.5 Å². The summed E-state index contributed by atoms with van der Waals surface area (Å²) in [5, 5.41) is 1.03. The van der Waals surface area contributed by atoms with E-state index in [2.05, 4.69) is 27.8 Å². The normalized spacial score (nSPS) is 19.4. The SMILES string of the molecule is CCc1cccc2c(C(=O)CN3CCC(C(=O)N4CCCCCC4)CC3)c[nH]c12. The fourth-order valence-electron chi connectivity index (χ4n) is 4.92. The summed E-state index contributed by atoms with van der Waals surface area (Å²) < 4.78 is 0. The van der Waals surface area contributed by atoms with Crippen LogP contribution < -0.4 is 0 Å². The number of benzene rings is 1. The number of H-pyrrole nitrogens is 1. The molecule has 5 heteroatoms. The Labute approximate surface area is 173 Å². The van der Waals surface area contributed by atoms with Crippen LogP contribution in [0.1, 0.15) is 61.4 Å². The molecule has 0 radical (unpaired) electrons. The zero-order valence-electron chi connectivity index (χ0n) is 17.6. The van der Waals surface area contributed by atoms with Gasteiger partial charge in [0.1, 0.15) is 0 Å². The highest BCUT2D eigenvalue weighted by molar-refractivity contribution is 6.09. The number of likely N-dealkylation sites (tertiary alicyclic amines) is 2. The molecule has 2 aliphatic heterocycles. The molecule has 1 amide bonds. The van der Waals surface area contributed by atoms with Gasteiger partial charge in [-0.05, 0) is 50.8 Å². The minimum Gasteiger partial charge on any atom is -0.360 e. The smallest absolute Gasteiger partial charge is 0.225 e. The van der Waals surface area contributed by atoms with Gasteiger partial charge in [-0.25, -0.2) is 0 Å². The molecular formula is C24H33N3O2. The van der Waals surface area contributed by atoms with Gasteiger partial charge in [0.15, 0.2) is 5.78 Å². The molecule has 156 valence electrons. The molecule has 0 unspecified atom stereocenters. The Balaban J connectivity index is 1.34. The highest BCUT2D eigenvalue weighted by Gasteiger charge is 2.29. The quantitative estimate of drug-likeness (QED) is 0.778. The molecular weight excluding hydrogens is 362 g/mol. The van der Waals surface area contributed by atoms with E-state index in [1.165, 1.54) is 18.4 Å². The van der Waals surface area contributed by atoms with Crippen molar-refractivity contribution in [1.29, 1.82) is 0 Å². The van der Waals surface area contributed by atoms with Gasteiger partial charge in [-0.1, -0.05) is 38.0 Å². The Hall–Kier alpha value is -2.14. The number of rotatable bonds is 5. The molecule has 4 rings (SSSR count). The number of nitrogens with one attached hydrogen (secondary N) is 1. The molecule has 1 aromatic heterocycles. The summed E-state index contributed by atoms with van der Waals surface area (Å²) in [4.78, 5) is 33.4. The maximum atomic E-state index is 13.0. The Morgan fingerprint density at radius 2 is 1.76 bits per heavy atom. The number of amides is 1. The van der Waals surface area contributed by atoms with Gasteiger partial charge in [-0.15, -0.1) is 0 Å². The number of aryl methyl sites for hydroxylation is 1. The maximum Gasteiger partial charge on any atom is 0.225 e. The Morgan fingerprint density at radius 3 is 2.45 bits per heavy atom. The van der Waals surface area contributed by atoms with Crippen molar-refractivity contribution in [3.05, 3.63) is 35.5 Å². The molecule has 29 heavy (non-hydrogen) atoms. The summed E-state index contributed by atoms with van der Waals surface area (Å²) in [6.45, 7) is 6.09. The molecule has 0 atom stereocenters. The number of hydrogen-bond acceptors (Lipinski definition) is 3. The third kappa shape index (κ3) is 4.40. The zero-order chi connectivity index (χ0) is 20.2. The summed E-state index contributed by atoms with van der Waals surface area (Å²) in [6, 6.07) is 6.18. The number of aromatic amines is 1. The third-order valence-corrected chi connectivity index (χ3v) is 6.70. The van der Waals surface area contributed by atoms with E-state index in [1.54, 1.807) is 0 Å². The van der Waals surface area contributed by atoms with Crippen molar-refractivity contribution in [2.24, 2.45) is 5.92 Å². The Morgan fingerprint density at radius 1 is 1.03 bits per heavy atom. The molecule has 2 aromatic rings. The first kappa shape index (κ1) is 20.1. The molecule has 0 spiro atoms. The number of Topliss-reactive ketones (excluding diaryl/α,β-unsaturated/α-hetero) is 1. The van der Waals surface area contributed by atoms with Crippen molar-refractivity contribution >= 4 is 22.6 Å². The van der Waals surface area contributed by atoms with Gasteiger partial charge in [0.05, 0.1) is 6.54 Å². The fourth-order valence-corrected chi connectivity index (χ4v) is 4.92. The van der Waals surface area contributed by atoms with E-state index in [1.807, 2.05) is 18.3 Å². The van der Waals surface area contributed by atoms with Crippen molar-refractivity contribution in [3.8, 4) is 0 Å². The lowest BCUT2D eigenvalue weighted by atomic mass is 9.94. The van der Waals surface area contributed by atoms with Crippen LogP contribution in [0.15, 0.2) is 24.4 Å². The second kappa shape index (κ2) is 9.12. The van der Waals surface area contributed by atoms with E-state index in [9.17, 15) is 9.59 Å². The van der Waals surface area contributed by atoms with E-state index in [4.69, 9.17) is 0 Å². The van der Waals surface area contributed by atoms with Gasteiger partial charge in [0, 0.05) is 41.7 Å². The number of para-hydroxylation sites is 1. The van der Waals surface area contributed by atoms with Gasteiger partial charge in [0.2, 0.25) is 5.91 Å². The van der Waals surface area contributed by atoms with E-state index >= 15 is 0 Å². The van der Waals surface area contributed by atoms with Crippen LogP contribution >= 0.6 is 0 Å². The van der Waals surface area contributed by atoms with Gasteiger partial charge >= 0.3 is 0 Å². The van der Waals surface area contributed by atoms with Gasteiger partial charge < -0.3 is 9.88 Å². The number of ketones is 1. The van der Waals surface area contributed by atoms with Gasteiger partial charge in [-0.3, -0.25) is 14.5 Å². The predicted molar refractivity (Wildman–Crippen MR) is 116 cm³/mol. The number of carbonyl (C=O) groups is 2. The maximum absolute atomic E-state index is 13.0. The molecule has 2 aliphatic rings. The van der Waals surface area contributed by atoms with Crippen molar-refractivity contribution in [3.63, 3.8) is 0 Å². The molecule has 1 aromatic carbocycles. The molecule has 2 saturated heterocycles. The van der Waals surface area contributed by atoms with E-state index in [-0.39, 0.29) is 11.7 Å². The molecule has 3 heterocycles. The average Bonchev–Trinajstić information content (AvgIpc) is 3.00. The number of carbonyl (C=O) groups excluding carboxylic acids is 2. The minimum absolute atomic E-state index is 0.139. The van der Waals surface area contributed by atoms with Crippen LogP contribution in [0.25, 0.3) is 10.9 Å². The van der Waals surface area contributed by atoms with Gasteiger partial charge in [-0.2, -0.15) is 0 Å². The fraction of sp³-hybridized carbons (Fsp3) is 0.583. The Bertz CT molecular complexity index is 856. The van der Waals surface area contributed by atoms with E-state index < -0.39 is 0 Å². The second-order valence-corrected chi connectivity index (χ2v) is 8.61. The standard InChI is InChI=1S/C24H33N3O2/c1-2-18-8-7-9-20-21(16-25-23(18)20)22(28)17-26-14-10-19(11-15-26)24(29)27-12-5-3-4-6-13-27/h7-9,16,19,25H,2-6,10-15,17H2,1H3. The lowest BCUT2D eigenvalue weighted by Gasteiger charge is -2.33. The summed E-state index contributed by atoms with van der Waals surface area (Å²) >= 11 is 0. The molecule has 2 fully saturated rings. The lowest BCUT2D eigenvalue weighted by Crippen LogP contribution is -2.44. The first-order valence-corrected chi connectivity index (χ1v) is 11.3. The van der Waals surface area contributed by atoms with Crippen molar-refractivity contribution in [2.45, 2.75) is 51.9 Å². The summed E-state index contributed by atoms with van der Waals surface area (Å²) in [7, 11) is 0. The largest absolute Gasteiger partial charge is 0.360 e. The molecule has 5 nitrogen and oxygen atoms in total. The van der Waals surface area contributed by atoms with Crippen LogP contribution in [-0.4, -0.2) is 59.2 Å². The number of nitrogens with zero attached hydrogens (tertiary/aromatic N) is 2. The van der Waals surface area contributed by atoms with Crippen LogP contribution in [0.5, 0.6) is 0 Å². The van der Waals surface area contributed by atoms with Crippen molar-refractivity contribution in [1.82, 2.24) is 14.8 Å². The van der Waals surface area contributed by atoms with Crippen LogP contribution in [-0.2, 0) is 11.2 Å². The van der Waals surface area contributed by atoms with Crippen LogP contribution in [0, 0.1) is 5.92 Å². The van der Waals surface area contributed by atoms with Crippen LogP contribution in [0.4, 0.5) is 0 Å². The number of piperidine rings is 1. The second-order valence-electron chi connectivity index (χ2n) is 8.61. The Kier molecular flexibility index (Phi) is 6.34. The van der Waals surface area contributed by atoms with Gasteiger partial charge in [0.25, 0.3) is 0 Å². The summed E-state index contributed by atoms with van der Waals surface area (Å²) in [5.74, 6) is 0.656. The van der Waals surface area contributed by atoms with Crippen molar-refractivity contribution in [2.75, 3.05) is 32.7 Å². The van der Waals surface area contributed by atoms with Crippen LogP contribution in [0.2, 0.25) is 0 Å². The van der Waals surface area contributed by atoms with Crippen LogP contribution in [0.3, 0.4) is 0 Å². The first-order valence-electron chi connectivity index (χ1n) is 11.3. The molecule has 0 bridgehead atoms. The molecule has 1 N–H and O–H groups in total. The third-order valence-electron chi connectivity index (χ3n) is 6.70. The molecule has 0 saturated carbocycles. The van der Waals surface area contributed by atoms with E-state index in [0.717, 1.165) is 74.7 Å². The van der Waals surface area contributed by atoms with Crippen molar-refractivity contribution < 1.29 is 9.59 Å². The number of aromatic nitrogens is 1. The lowest BCUT2D eigenvalue weighted by molar-refractivity contribution is -0.137. The minimum atomic E-state index is 0.139. The first-order chi connectivity index (χ1) is 14.2. The molecule has 0 aliphatic carbocycles. The zero-order valence-corrected chi connectivity index (χ0v) is 17.6. The average molecular weight is 396 g/mol. The highest BCUT2D eigenvalue weighted by Crippen LogP contribution is 2.25. The number of hydrogen-bond donors (Lipinski definition) is 1. The topological polar surface area (TPSA) is 56.4 Å². The summed E-state index contributed by atoms with van der Waals surface area (Å²) in [6.07, 6.45) is 9.33. The number of fused-ring (bicyclic) bond motifs is 1. The summed E-state index contributed by atoms with van der Waals surface area (Å²) in [5.41, 5.74) is 3.12. The highest BCUT2D eigenvalue weighted by atomic mass is 16.2. The monoisotopic (exact) mass is 395 g/mol. The predicted octanol–water partition coefficient (Wildman–Crippen LogP) is 4.03.